The summed E-state index contributed by atoms with van der Waals surface area (Å²) in [6, 6.07) is 4.72. The molecule has 2 atom stereocenters. The van der Waals surface area contributed by atoms with Gasteiger partial charge >= 0.3 is 6.09 Å². The lowest BCUT2D eigenvalue weighted by Crippen LogP contribution is -2.46. The first-order valence-electron chi connectivity index (χ1n) is 10.6. The van der Waals surface area contributed by atoms with Gasteiger partial charge in [0.1, 0.15) is 17.2 Å². The number of hydrogen-bond donors (Lipinski definition) is 1. The molecule has 0 aromatic carbocycles. The first-order valence-corrected chi connectivity index (χ1v) is 11.6. The van der Waals surface area contributed by atoms with E-state index in [0.29, 0.717) is 28.9 Å². The van der Waals surface area contributed by atoms with Crippen LogP contribution in [0.3, 0.4) is 0 Å². The van der Waals surface area contributed by atoms with Crippen molar-refractivity contribution >= 4 is 29.4 Å². The summed E-state index contributed by atoms with van der Waals surface area (Å²) in [5.74, 6) is 1.88. The molecule has 4 rings (SSSR count). The molecule has 0 spiro atoms. The van der Waals surface area contributed by atoms with Gasteiger partial charge in [0.2, 0.25) is 0 Å². The summed E-state index contributed by atoms with van der Waals surface area (Å²) < 4.78 is 16.8. The maximum atomic E-state index is 12.4. The van der Waals surface area contributed by atoms with Crippen LogP contribution < -0.4 is 10.2 Å². The Morgan fingerprint density at radius 3 is 2.55 bits per heavy atom. The van der Waals surface area contributed by atoms with Crippen LogP contribution in [0.2, 0.25) is 0 Å². The molecule has 9 heteroatoms. The molecule has 2 saturated heterocycles. The van der Waals surface area contributed by atoms with Crippen LogP contribution >= 0.6 is 11.8 Å². The molecule has 2 aromatic heterocycles. The van der Waals surface area contributed by atoms with Crippen LogP contribution in [0.5, 0.6) is 0 Å². The Kier molecular flexibility index (Phi) is 6.16. The van der Waals surface area contributed by atoms with Crippen LogP contribution in [-0.2, 0) is 15.2 Å². The van der Waals surface area contributed by atoms with Crippen molar-refractivity contribution in [3.8, 4) is 0 Å². The van der Waals surface area contributed by atoms with Gasteiger partial charge in [-0.15, -0.1) is 0 Å². The Bertz CT molecular complexity index is 920. The Morgan fingerprint density at radius 2 is 1.94 bits per heavy atom. The van der Waals surface area contributed by atoms with Gasteiger partial charge in [-0.3, -0.25) is 5.32 Å². The number of anilines is 2. The van der Waals surface area contributed by atoms with Crippen molar-refractivity contribution in [2.75, 3.05) is 23.4 Å². The van der Waals surface area contributed by atoms with Gasteiger partial charge in [-0.05, 0) is 53.5 Å². The average Bonchev–Trinajstić information content (AvgIpc) is 3.12. The number of nitrogens with one attached hydrogen (secondary N) is 1. The van der Waals surface area contributed by atoms with Crippen LogP contribution in [0.15, 0.2) is 21.8 Å². The quantitative estimate of drug-likeness (QED) is 0.662. The van der Waals surface area contributed by atoms with Crippen LogP contribution in [0.25, 0.3) is 0 Å². The number of fused-ring (bicyclic) bond motifs is 2. The Balaban J connectivity index is 1.57. The Hall–Kier alpha value is -2.26. The molecule has 8 nitrogen and oxygen atoms in total. The number of carbonyl (C=O) groups is 1. The normalized spacial score (nSPS) is 20.7. The van der Waals surface area contributed by atoms with Crippen molar-refractivity contribution in [3.05, 3.63) is 29.3 Å². The van der Waals surface area contributed by atoms with Crippen molar-refractivity contribution in [2.45, 2.75) is 76.1 Å². The summed E-state index contributed by atoms with van der Waals surface area (Å²) in [6.45, 7) is 10.8. The third kappa shape index (κ3) is 5.33. The number of carbonyl (C=O) groups excluding carboxylic acids is 1. The molecule has 0 aliphatic carbocycles. The summed E-state index contributed by atoms with van der Waals surface area (Å²) in [4.78, 5) is 23.9. The van der Waals surface area contributed by atoms with E-state index in [4.69, 9.17) is 13.9 Å². The standard InChI is InChI=1S/C22H30N4O4S/c1-13-14(2)29-21(23-13)31-12-15-8-18(26-16-6-7-17(26)11-28-10-16)9-19(24-15)25-20(27)30-22(3,4)5/h8-9,16-17H,6-7,10-12H2,1-5H3,(H,24,25,27). The Labute approximate surface area is 187 Å². The molecule has 168 valence electrons. The Morgan fingerprint density at radius 1 is 1.23 bits per heavy atom. The van der Waals surface area contributed by atoms with Crippen LogP contribution in [-0.4, -0.2) is 47.0 Å². The first-order chi connectivity index (χ1) is 14.7. The van der Waals surface area contributed by atoms with Gasteiger partial charge in [0.05, 0.1) is 36.7 Å². The summed E-state index contributed by atoms with van der Waals surface area (Å²) >= 11 is 1.49. The summed E-state index contributed by atoms with van der Waals surface area (Å²) in [5, 5.41) is 3.42. The fourth-order valence-electron chi connectivity index (χ4n) is 3.96. The molecule has 2 bridgehead atoms. The van der Waals surface area contributed by atoms with Crippen molar-refractivity contribution < 1.29 is 18.7 Å². The maximum absolute atomic E-state index is 12.4. The molecule has 2 aromatic rings. The number of ether oxygens (including phenoxy) is 2. The minimum atomic E-state index is -0.579. The van der Waals surface area contributed by atoms with Crippen molar-refractivity contribution in [1.29, 1.82) is 0 Å². The predicted octanol–water partition coefficient (Wildman–Crippen LogP) is 4.69. The zero-order valence-corrected chi connectivity index (χ0v) is 19.5. The highest BCUT2D eigenvalue weighted by Gasteiger charge is 2.37. The number of aromatic nitrogens is 2. The van der Waals surface area contributed by atoms with Gasteiger partial charge in [0.15, 0.2) is 0 Å². The largest absolute Gasteiger partial charge is 0.444 e. The highest BCUT2D eigenvalue weighted by molar-refractivity contribution is 7.98. The van der Waals surface area contributed by atoms with E-state index in [0.717, 1.165) is 48.9 Å². The number of pyridine rings is 1. The molecular weight excluding hydrogens is 416 g/mol. The molecule has 0 saturated carbocycles. The number of aryl methyl sites for hydroxylation is 2. The molecular formula is C22H30N4O4S. The van der Waals surface area contributed by atoms with Gasteiger partial charge in [-0.2, -0.15) is 0 Å². The lowest BCUT2D eigenvalue weighted by molar-refractivity contribution is 0.0635. The molecule has 31 heavy (non-hydrogen) atoms. The number of amides is 1. The second-order valence-corrected chi connectivity index (χ2v) is 10.00. The van der Waals surface area contributed by atoms with E-state index < -0.39 is 11.7 Å². The number of rotatable bonds is 5. The molecule has 1 N–H and O–H groups in total. The lowest BCUT2D eigenvalue weighted by atomic mass is 10.2. The van der Waals surface area contributed by atoms with E-state index in [1.807, 2.05) is 40.7 Å². The van der Waals surface area contributed by atoms with Crippen LogP contribution in [0, 0.1) is 13.8 Å². The number of morpholine rings is 1. The lowest BCUT2D eigenvalue weighted by Gasteiger charge is -2.37. The zero-order chi connectivity index (χ0) is 22.2. The molecule has 2 aliphatic rings. The van der Waals surface area contributed by atoms with Gasteiger partial charge < -0.3 is 18.8 Å². The van der Waals surface area contributed by atoms with E-state index in [9.17, 15) is 4.79 Å². The first kappa shape index (κ1) is 22.0. The van der Waals surface area contributed by atoms with Gasteiger partial charge in [-0.1, -0.05) is 11.8 Å². The molecule has 2 unspecified atom stereocenters. The number of hydrogen-bond acceptors (Lipinski definition) is 8. The molecule has 0 radical (unpaired) electrons. The summed E-state index contributed by atoms with van der Waals surface area (Å²) in [5.41, 5.74) is 2.20. The second kappa shape index (κ2) is 8.70. The topological polar surface area (TPSA) is 89.7 Å². The SMILES string of the molecule is Cc1nc(SCc2cc(N3C4CCC3COC4)cc(NC(=O)OC(C)(C)C)n2)oc1C. The summed E-state index contributed by atoms with van der Waals surface area (Å²) in [7, 11) is 0. The van der Waals surface area contributed by atoms with Crippen LogP contribution in [0.1, 0.15) is 50.8 Å². The third-order valence-corrected chi connectivity index (χ3v) is 6.24. The van der Waals surface area contributed by atoms with Gasteiger partial charge in [-0.25, -0.2) is 14.8 Å². The predicted molar refractivity (Wildman–Crippen MR) is 120 cm³/mol. The van der Waals surface area contributed by atoms with Crippen LogP contribution in [0.4, 0.5) is 16.3 Å². The van der Waals surface area contributed by atoms with Gasteiger partial charge in [0.25, 0.3) is 5.22 Å². The zero-order valence-electron chi connectivity index (χ0n) is 18.7. The smallest absolute Gasteiger partial charge is 0.413 e. The fourth-order valence-corrected chi connectivity index (χ4v) is 4.76. The van der Waals surface area contributed by atoms with E-state index in [1.54, 1.807) is 0 Å². The van der Waals surface area contributed by atoms with Crippen molar-refractivity contribution in [2.24, 2.45) is 0 Å². The van der Waals surface area contributed by atoms with E-state index in [1.165, 1.54) is 11.8 Å². The van der Waals surface area contributed by atoms with Gasteiger partial charge in [0, 0.05) is 17.5 Å². The minimum Gasteiger partial charge on any atom is -0.444 e. The fraction of sp³-hybridized carbons (Fsp3) is 0.591. The van der Waals surface area contributed by atoms with E-state index in [-0.39, 0.29) is 0 Å². The van der Waals surface area contributed by atoms with Crippen molar-refractivity contribution in [1.82, 2.24) is 9.97 Å². The number of oxazole rings is 1. The summed E-state index contributed by atoms with van der Waals surface area (Å²) in [6.07, 6.45) is 1.71. The molecule has 2 aliphatic heterocycles. The molecule has 2 fully saturated rings. The average molecular weight is 447 g/mol. The minimum absolute atomic E-state index is 0.355. The monoisotopic (exact) mass is 446 g/mol. The van der Waals surface area contributed by atoms with E-state index in [2.05, 4.69) is 26.3 Å². The highest BCUT2D eigenvalue weighted by atomic mass is 32.2. The maximum Gasteiger partial charge on any atom is 0.413 e. The van der Waals surface area contributed by atoms with Crippen molar-refractivity contribution in [3.63, 3.8) is 0 Å². The second-order valence-electron chi connectivity index (χ2n) is 9.07. The number of thioether (sulfide) groups is 1. The van der Waals surface area contributed by atoms with E-state index >= 15 is 0 Å². The highest BCUT2D eigenvalue weighted by Crippen LogP contribution is 2.36. The molecule has 4 heterocycles. The molecule has 1 amide bonds. The number of nitrogens with zero attached hydrogens (tertiary/aromatic N) is 3. The third-order valence-electron chi connectivity index (χ3n) is 5.38.